The Morgan fingerprint density at radius 2 is 1.85 bits per heavy atom. The molecule has 1 nitrogen and oxygen atoms in total. The third-order valence-electron chi connectivity index (χ3n) is 1.05. The second-order valence-corrected chi connectivity index (χ2v) is 3.75. The van der Waals surface area contributed by atoms with Crippen molar-refractivity contribution in [1.82, 2.24) is 0 Å². The Kier molecular flexibility index (Phi) is 3.23. The lowest BCUT2D eigenvalue weighted by atomic mass is 10.3. The van der Waals surface area contributed by atoms with Crippen molar-refractivity contribution in [1.29, 1.82) is 0 Å². The lowest BCUT2D eigenvalue weighted by molar-refractivity contribution is -0.274. The summed E-state index contributed by atoms with van der Waals surface area (Å²) in [6, 6.07) is 4.83. The number of benzene rings is 1. The highest BCUT2D eigenvalue weighted by Crippen LogP contribution is 2.29. The molecule has 0 aliphatic rings. The van der Waals surface area contributed by atoms with Crippen LogP contribution in [0.1, 0.15) is 0 Å². The second-order valence-electron chi connectivity index (χ2n) is 2.04. The van der Waals surface area contributed by atoms with Gasteiger partial charge in [-0.25, -0.2) is 0 Å². The van der Waals surface area contributed by atoms with Crippen molar-refractivity contribution in [2.24, 2.45) is 0 Å². The SMILES string of the molecule is FC(F)(F)Oc1[c]cc(Br)c(Br)c1. The van der Waals surface area contributed by atoms with E-state index in [9.17, 15) is 13.2 Å². The fraction of sp³-hybridized carbons (Fsp3) is 0.143. The number of hydrogen-bond donors (Lipinski definition) is 0. The van der Waals surface area contributed by atoms with Crippen molar-refractivity contribution < 1.29 is 17.9 Å². The van der Waals surface area contributed by atoms with Crippen molar-refractivity contribution in [3.05, 3.63) is 27.1 Å². The van der Waals surface area contributed by atoms with Crippen LogP contribution in [0.2, 0.25) is 0 Å². The average molecular weight is 319 g/mol. The van der Waals surface area contributed by atoms with Crippen LogP contribution in [0, 0.1) is 6.07 Å². The number of hydrogen-bond acceptors (Lipinski definition) is 1. The summed E-state index contributed by atoms with van der Waals surface area (Å²) in [6.45, 7) is 0. The zero-order chi connectivity index (χ0) is 10.1. The Labute approximate surface area is 89.1 Å². The molecular weight excluding hydrogens is 317 g/mol. The Balaban J connectivity index is 2.86. The molecule has 0 fully saturated rings. The molecule has 0 saturated heterocycles. The maximum Gasteiger partial charge on any atom is 0.573 e. The molecule has 6 heteroatoms. The summed E-state index contributed by atoms with van der Waals surface area (Å²) in [5.41, 5.74) is 0. The summed E-state index contributed by atoms with van der Waals surface area (Å²) >= 11 is 6.13. The quantitative estimate of drug-likeness (QED) is 0.763. The lowest BCUT2D eigenvalue weighted by Gasteiger charge is -2.08. The molecule has 0 aliphatic carbocycles. The Morgan fingerprint density at radius 1 is 1.23 bits per heavy atom. The van der Waals surface area contributed by atoms with E-state index in [1.54, 1.807) is 0 Å². The zero-order valence-electron chi connectivity index (χ0n) is 5.95. The van der Waals surface area contributed by atoms with Crippen LogP contribution in [0.3, 0.4) is 0 Å². The van der Waals surface area contributed by atoms with Crippen LogP contribution in [0.25, 0.3) is 0 Å². The summed E-state index contributed by atoms with van der Waals surface area (Å²) in [7, 11) is 0. The largest absolute Gasteiger partial charge is 0.573 e. The molecule has 1 rings (SSSR count). The van der Waals surface area contributed by atoms with Crippen LogP contribution in [-0.4, -0.2) is 6.36 Å². The highest BCUT2D eigenvalue weighted by atomic mass is 79.9. The fourth-order valence-electron chi connectivity index (χ4n) is 0.613. The molecule has 71 valence electrons. The zero-order valence-corrected chi connectivity index (χ0v) is 9.12. The van der Waals surface area contributed by atoms with E-state index in [-0.39, 0.29) is 5.75 Å². The molecule has 0 N–H and O–H groups in total. The summed E-state index contributed by atoms with van der Waals surface area (Å²) in [5.74, 6) is -0.373. The Bertz CT molecular complexity index is 311. The molecule has 1 radical (unpaired) electrons. The third-order valence-corrected chi connectivity index (χ3v) is 2.90. The van der Waals surface area contributed by atoms with Gasteiger partial charge in [-0.1, -0.05) is 0 Å². The standard InChI is InChI=1S/C7H2Br2F3O/c8-5-2-1-4(3-6(5)9)13-7(10,11)12/h2-3H. The van der Waals surface area contributed by atoms with Crippen LogP contribution in [0.4, 0.5) is 13.2 Å². The first-order chi connectivity index (χ1) is 5.88. The van der Waals surface area contributed by atoms with Crippen LogP contribution >= 0.6 is 31.9 Å². The van der Waals surface area contributed by atoms with Gasteiger partial charge in [0.25, 0.3) is 0 Å². The molecule has 0 spiro atoms. The van der Waals surface area contributed by atoms with Gasteiger partial charge in [-0.05, 0) is 44.0 Å². The van der Waals surface area contributed by atoms with Gasteiger partial charge < -0.3 is 4.74 Å². The second kappa shape index (κ2) is 3.88. The average Bonchev–Trinajstić information content (AvgIpc) is 1.94. The Hall–Kier alpha value is -0.230. The van der Waals surface area contributed by atoms with Crippen LogP contribution in [-0.2, 0) is 0 Å². The van der Waals surface area contributed by atoms with Crippen molar-refractivity contribution in [3.8, 4) is 5.75 Å². The minimum absolute atomic E-state index is 0.373. The predicted octanol–water partition coefficient (Wildman–Crippen LogP) is 3.91. The summed E-state index contributed by atoms with van der Waals surface area (Å²) < 4.78 is 39.8. The van der Waals surface area contributed by atoms with Crippen molar-refractivity contribution in [2.75, 3.05) is 0 Å². The molecule has 0 aliphatic heterocycles. The van der Waals surface area contributed by atoms with E-state index in [0.717, 1.165) is 0 Å². The maximum atomic E-state index is 11.7. The first kappa shape index (κ1) is 10.8. The van der Waals surface area contributed by atoms with Gasteiger partial charge in [-0.15, -0.1) is 13.2 Å². The first-order valence-electron chi connectivity index (χ1n) is 3.01. The minimum Gasteiger partial charge on any atom is -0.405 e. The summed E-state index contributed by atoms with van der Waals surface area (Å²) in [5, 5.41) is 0. The molecule has 0 amide bonds. The van der Waals surface area contributed by atoms with Crippen molar-refractivity contribution in [2.45, 2.75) is 6.36 Å². The molecule has 0 heterocycles. The molecular formula is C7H2Br2F3O. The first-order valence-corrected chi connectivity index (χ1v) is 4.59. The number of ether oxygens (including phenoxy) is 1. The van der Waals surface area contributed by atoms with Gasteiger partial charge in [0, 0.05) is 15.0 Å². The summed E-state index contributed by atoms with van der Waals surface area (Å²) in [6.07, 6.45) is -4.68. The topological polar surface area (TPSA) is 9.23 Å². The third kappa shape index (κ3) is 3.56. The molecule has 1 aromatic carbocycles. The van der Waals surface area contributed by atoms with E-state index in [2.05, 4.69) is 42.7 Å². The van der Waals surface area contributed by atoms with Gasteiger partial charge in [-0.2, -0.15) is 0 Å². The van der Waals surface area contributed by atoms with E-state index < -0.39 is 6.36 Å². The van der Waals surface area contributed by atoms with Gasteiger partial charge in [0.2, 0.25) is 0 Å². The van der Waals surface area contributed by atoms with E-state index in [0.29, 0.717) is 8.95 Å². The molecule has 0 saturated carbocycles. The monoisotopic (exact) mass is 317 g/mol. The van der Waals surface area contributed by atoms with Gasteiger partial charge in [0.05, 0.1) is 0 Å². The van der Waals surface area contributed by atoms with Crippen molar-refractivity contribution >= 4 is 31.9 Å². The molecule has 0 atom stereocenters. The fourth-order valence-corrected chi connectivity index (χ4v) is 1.16. The van der Waals surface area contributed by atoms with Gasteiger partial charge in [-0.3, -0.25) is 0 Å². The van der Waals surface area contributed by atoms with Crippen LogP contribution < -0.4 is 4.74 Å². The normalized spacial score (nSPS) is 11.5. The lowest BCUT2D eigenvalue weighted by Crippen LogP contribution is -2.17. The minimum atomic E-state index is -4.68. The van der Waals surface area contributed by atoms with Gasteiger partial charge >= 0.3 is 6.36 Å². The van der Waals surface area contributed by atoms with Gasteiger partial charge in [0.15, 0.2) is 0 Å². The highest BCUT2D eigenvalue weighted by molar-refractivity contribution is 9.13. The van der Waals surface area contributed by atoms with E-state index in [1.165, 1.54) is 12.1 Å². The highest BCUT2D eigenvalue weighted by Gasteiger charge is 2.31. The summed E-state index contributed by atoms with van der Waals surface area (Å²) in [4.78, 5) is 0. The van der Waals surface area contributed by atoms with E-state index >= 15 is 0 Å². The Morgan fingerprint density at radius 3 is 2.31 bits per heavy atom. The number of rotatable bonds is 1. The van der Waals surface area contributed by atoms with Gasteiger partial charge in [0.1, 0.15) is 5.75 Å². The van der Waals surface area contributed by atoms with E-state index in [4.69, 9.17) is 0 Å². The van der Waals surface area contributed by atoms with E-state index in [1.807, 2.05) is 0 Å². The molecule has 13 heavy (non-hydrogen) atoms. The van der Waals surface area contributed by atoms with Crippen LogP contribution in [0.5, 0.6) is 5.75 Å². The van der Waals surface area contributed by atoms with Crippen molar-refractivity contribution in [3.63, 3.8) is 0 Å². The van der Waals surface area contributed by atoms with Crippen LogP contribution in [0.15, 0.2) is 21.1 Å². The number of halogens is 5. The smallest absolute Gasteiger partial charge is 0.405 e. The molecule has 1 aromatic rings. The molecule has 0 bridgehead atoms. The maximum absolute atomic E-state index is 11.7. The predicted molar refractivity (Wildman–Crippen MR) is 47.4 cm³/mol. The molecule has 0 unspecified atom stereocenters. The number of alkyl halides is 3. The molecule has 0 aromatic heterocycles.